The first-order valence-corrected chi connectivity index (χ1v) is 11.5. The Bertz CT molecular complexity index is 931. The topological polar surface area (TPSA) is 86.2 Å². The molecule has 2 fully saturated rings. The SMILES string of the molecule is O=C(CO[C@H]1C[C@@H](OC(F)(F)F)C1)NCCC1(c2nnc(-c3ccc(Cl)cn3)s2)CCC1. The van der Waals surface area contributed by atoms with Gasteiger partial charge in [-0.2, -0.15) is 0 Å². The number of aromatic nitrogens is 3. The Labute approximate surface area is 191 Å². The van der Waals surface area contributed by atoms with E-state index >= 15 is 0 Å². The van der Waals surface area contributed by atoms with Gasteiger partial charge in [-0.15, -0.1) is 23.4 Å². The van der Waals surface area contributed by atoms with Gasteiger partial charge in [0.25, 0.3) is 0 Å². The lowest BCUT2D eigenvalue weighted by molar-refractivity contribution is -0.357. The number of amides is 1. The zero-order valence-corrected chi connectivity index (χ0v) is 18.6. The Morgan fingerprint density at radius 1 is 1.25 bits per heavy atom. The van der Waals surface area contributed by atoms with Crippen molar-refractivity contribution in [3.8, 4) is 10.7 Å². The second-order valence-electron chi connectivity index (χ2n) is 8.10. The first-order valence-electron chi connectivity index (χ1n) is 10.3. The fourth-order valence-corrected chi connectivity index (χ4v) is 5.05. The number of halogens is 4. The molecule has 0 bridgehead atoms. The number of alkyl halides is 3. The van der Waals surface area contributed by atoms with Crippen LogP contribution in [0.25, 0.3) is 10.7 Å². The van der Waals surface area contributed by atoms with Gasteiger partial charge in [0.05, 0.1) is 17.2 Å². The quantitative estimate of drug-likeness (QED) is 0.565. The number of ether oxygens (including phenoxy) is 2. The van der Waals surface area contributed by atoms with Crippen molar-refractivity contribution < 1.29 is 27.4 Å². The minimum atomic E-state index is -4.64. The fraction of sp³-hybridized carbons (Fsp3) is 0.600. The second-order valence-corrected chi connectivity index (χ2v) is 9.51. The Hall–Kier alpha value is -1.82. The van der Waals surface area contributed by atoms with Crippen LogP contribution in [0.15, 0.2) is 18.3 Å². The third-order valence-corrected chi connectivity index (χ3v) is 7.28. The summed E-state index contributed by atoms with van der Waals surface area (Å²) in [6.07, 6.45) is -0.287. The summed E-state index contributed by atoms with van der Waals surface area (Å²) in [5.74, 6) is -0.289. The molecule has 0 unspecified atom stereocenters. The summed E-state index contributed by atoms with van der Waals surface area (Å²) in [7, 11) is 0. The maximum absolute atomic E-state index is 12.1. The summed E-state index contributed by atoms with van der Waals surface area (Å²) in [6.45, 7) is 0.280. The van der Waals surface area contributed by atoms with Crippen molar-refractivity contribution in [2.75, 3.05) is 13.2 Å². The number of carbonyl (C=O) groups excluding carboxylic acids is 1. The summed E-state index contributed by atoms with van der Waals surface area (Å²) in [4.78, 5) is 16.3. The van der Waals surface area contributed by atoms with Gasteiger partial charge >= 0.3 is 6.36 Å². The van der Waals surface area contributed by atoms with E-state index in [2.05, 4.69) is 25.2 Å². The van der Waals surface area contributed by atoms with Crippen molar-refractivity contribution in [1.29, 1.82) is 0 Å². The lowest BCUT2D eigenvalue weighted by Crippen LogP contribution is -2.43. The van der Waals surface area contributed by atoms with Crippen LogP contribution >= 0.6 is 22.9 Å². The molecule has 2 aromatic rings. The van der Waals surface area contributed by atoms with Crippen LogP contribution in [0.2, 0.25) is 5.02 Å². The molecule has 2 saturated carbocycles. The molecule has 12 heteroatoms. The molecular weight excluding hydrogens is 469 g/mol. The molecule has 0 radical (unpaired) electrons. The van der Waals surface area contributed by atoms with Gasteiger partial charge in [-0.25, -0.2) is 0 Å². The summed E-state index contributed by atoms with van der Waals surface area (Å²) >= 11 is 7.39. The van der Waals surface area contributed by atoms with Crippen molar-refractivity contribution >= 4 is 28.8 Å². The summed E-state index contributed by atoms with van der Waals surface area (Å²) < 4.78 is 45.6. The van der Waals surface area contributed by atoms with E-state index in [4.69, 9.17) is 16.3 Å². The number of nitrogens with zero attached hydrogens (tertiary/aromatic N) is 3. The molecule has 2 heterocycles. The van der Waals surface area contributed by atoms with E-state index in [9.17, 15) is 18.0 Å². The lowest BCUT2D eigenvalue weighted by atomic mass is 9.67. The Morgan fingerprint density at radius 3 is 2.66 bits per heavy atom. The van der Waals surface area contributed by atoms with E-state index in [1.165, 1.54) is 11.3 Å². The molecule has 2 aliphatic rings. The highest BCUT2D eigenvalue weighted by molar-refractivity contribution is 7.14. The van der Waals surface area contributed by atoms with Gasteiger partial charge in [0.1, 0.15) is 17.3 Å². The monoisotopic (exact) mass is 490 g/mol. The molecule has 174 valence electrons. The molecular formula is C20H22ClF3N4O3S. The molecule has 0 atom stereocenters. The van der Waals surface area contributed by atoms with Crippen LogP contribution in [0.4, 0.5) is 13.2 Å². The molecule has 0 aliphatic heterocycles. The third-order valence-electron chi connectivity index (χ3n) is 5.86. The fourth-order valence-electron chi connectivity index (χ4n) is 3.84. The van der Waals surface area contributed by atoms with Crippen LogP contribution in [0.5, 0.6) is 0 Å². The number of nitrogens with one attached hydrogen (secondary N) is 1. The van der Waals surface area contributed by atoms with Gasteiger partial charge < -0.3 is 10.1 Å². The van der Waals surface area contributed by atoms with Crippen molar-refractivity contribution in [2.45, 2.75) is 62.5 Å². The standard InChI is InChI=1S/C20H22ClF3N4O3S/c21-12-2-3-15(26-10-12)17-27-28-18(32-17)19(4-1-5-19)6-7-25-16(29)11-30-13-8-14(9-13)31-20(22,23)24/h2-3,10,13-14H,1,4-9,11H2,(H,25,29)/t13-,14+. The van der Waals surface area contributed by atoms with Gasteiger partial charge in [0.15, 0.2) is 5.01 Å². The van der Waals surface area contributed by atoms with E-state index in [-0.39, 0.29) is 36.9 Å². The van der Waals surface area contributed by atoms with Crippen LogP contribution < -0.4 is 5.32 Å². The predicted octanol–water partition coefficient (Wildman–Crippen LogP) is 4.27. The lowest BCUT2D eigenvalue weighted by Gasteiger charge is -2.40. The van der Waals surface area contributed by atoms with E-state index in [0.717, 1.165) is 41.4 Å². The normalized spacial score (nSPS) is 22.1. The summed E-state index contributed by atoms with van der Waals surface area (Å²) in [6, 6.07) is 3.56. The number of hydrogen-bond acceptors (Lipinski definition) is 7. The molecule has 2 aromatic heterocycles. The predicted molar refractivity (Wildman–Crippen MR) is 111 cm³/mol. The van der Waals surface area contributed by atoms with Crippen LogP contribution in [0.3, 0.4) is 0 Å². The van der Waals surface area contributed by atoms with Crippen LogP contribution in [0.1, 0.15) is 43.5 Å². The van der Waals surface area contributed by atoms with Gasteiger partial charge in [0.2, 0.25) is 5.91 Å². The third kappa shape index (κ3) is 5.75. The van der Waals surface area contributed by atoms with Crippen LogP contribution in [-0.4, -0.2) is 52.8 Å². The molecule has 7 nitrogen and oxygen atoms in total. The second kappa shape index (κ2) is 9.58. The number of rotatable bonds is 9. The number of hydrogen-bond donors (Lipinski definition) is 1. The number of pyridine rings is 1. The molecule has 2 aliphatic carbocycles. The first-order chi connectivity index (χ1) is 15.2. The minimum Gasteiger partial charge on any atom is -0.368 e. The molecule has 1 amide bonds. The molecule has 0 aromatic carbocycles. The highest BCUT2D eigenvalue weighted by Gasteiger charge is 2.42. The van der Waals surface area contributed by atoms with Crippen molar-refractivity contribution in [3.63, 3.8) is 0 Å². The molecule has 4 rings (SSSR count). The maximum atomic E-state index is 12.1. The van der Waals surface area contributed by atoms with E-state index in [1.807, 2.05) is 0 Å². The molecule has 0 spiro atoms. The minimum absolute atomic E-state index is 0.105. The maximum Gasteiger partial charge on any atom is 0.522 e. The first kappa shape index (κ1) is 23.3. The zero-order valence-electron chi connectivity index (χ0n) is 17.0. The van der Waals surface area contributed by atoms with Crippen molar-refractivity contribution in [3.05, 3.63) is 28.4 Å². The molecule has 32 heavy (non-hydrogen) atoms. The number of carbonyl (C=O) groups is 1. The smallest absolute Gasteiger partial charge is 0.368 e. The highest BCUT2D eigenvalue weighted by atomic mass is 35.5. The van der Waals surface area contributed by atoms with Crippen LogP contribution in [0, 0.1) is 0 Å². The summed E-state index contributed by atoms with van der Waals surface area (Å²) in [5.41, 5.74) is 0.615. The highest BCUT2D eigenvalue weighted by Crippen LogP contribution is 2.48. The Balaban J connectivity index is 1.20. The Kier molecular flexibility index (Phi) is 6.99. The largest absolute Gasteiger partial charge is 0.522 e. The van der Waals surface area contributed by atoms with Crippen molar-refractivity contribution in [2.24, 2.45) is 0 Å². The van der Waals surface area contributed by atoms with Gasteiger partial charge in [-0.1, -0.05) is 29.4 Å². The van der Waals surface area contributed by atoms with E-state index < -0.39 is 12.5 Å². The van der Waals surface area contributed by atoms with E-state index in [1.54, 1.807) is 18.3 Å². The van der Waals surface area contributed by atoms with Crippen LogP contribution in [-0.2, 0) is 19.7 Å². The zero-order chi connectivity index (χ0) is 22.8. The molecule has 0 saturated heterocycles. The van der Waals surface area contributed by atoms with Gasteiger partial charge in [-0.3, -0.25) is 14.5 Å². The van der Waals surface area contributed by atoms with Crippen molar-refractivity contribution in [1.82, 2.24) is 20.5 Å². The van der Waals surface area contributed by atoms with E-state index in [0.29, 0.717) is 11.6 Å². The average Bonchev–Trinajstić information content (AvgIpc) is 3.15. The Morgan fingerprint density at radius 2 is 2.03 bits per heavy atom. The molecule has 1 N–H and O–H groups in total. The van der Waals surface area contributed by atoms with Gasteiger partial charge in [-0.05, 0) is 31.4 Å². The van der Waals surface area contributed by atoms with Gasteiger partial charge in [0, 0.05) is 31.0 Å². The average molecular weight is 491 g/mol. The summed E-state index contributed by atoms with van der Waals surface area (Å²) in [5, 5.41) is 13.7.